The normalized spacial score (nSPS) is 18.7. The maximum atomic E-state index is 11.4. The van der Waals surface area contributed by atoms with Gasteiger partial charge in [0, 0.05) is 25.3 Å². The Morgan fingerprint density at radius 1 is 1.35 bits per heavy atom. The first-order valence-corrected chi connectivity index (χ1v) is 9.01. The summed E-state index contributed by atoms with van der Waals surface area (Å²) in [5.74, 6) is -0.173. The van der Waals surface area contributed by atoms with Crippen molar-refractivity contribution in [2.24, 2.45) is 11.7 Å². The van der Waals surface area contributed by atoms with Crippen molar-refractivity contribution >= 4 is 22.9 Å². The number of para-hydroxylation sites is 1. The third-order valence-electron chi connectivity index (χ3n) is 4.38. The number of thiophene rings is 1. The lowest BCUT2D eigenvalue weighted by molar-refractivity contribution is -0.123. The van der Waals surface area contributed by atoms with E-state index >= 15 is 0 Å². The summed E-state index contributed by atoms with van der Waals surface area (Å²) in [6.45, 7) is 3.50. The van der Waals surface area contributed by atoms with Crippen LogP contribution < -0.4 is 11.1 Å². The molecule has 1 aromatic carbocycles. The van der Waals surface area contributed by atoms with Crippen molar-refractivity contribution < 1.29 is 4.79 Å². The van der Waals surface area contributed by atoms with Gasteiger partial charge in [0.1, 0.15) is 0 Å². The summed E-state index contributed by atoms with van der Waals surface area (Å²) in [6, 6.07) is 10.5. The molecule has 0 spiro atoms. The van der Waals surface area contributed by atoms with Crippen LogP contribution in [0.1, 0.15) is 24.0 Å². The van der Waals surface area contributed by atoms with Gasteiger partial charge in [-0.3, -0.25) is 9.69 Å². The van der Waals surface area contributed by atoms with Gasteiger partial charge in [-0.2, -0.15) is 11.3 Å². The Hall–Kier alpha value is -1.85. The van der Waals surface area contributed by atoms with Crippen molar-refractivity contribution in [3.05, 3.63) is 52.2 Å². The fourth-order valence-electron chi connectivity index (χ4n) is 3.09. The predicted octanol–water partition coefficient (Wildman–Crippen LogP) is 3.06. The molecule has 1 aliphatic rings. The summed E-state index contributed by atoms with van der Waals surface area (Å²) in [6.07, 6.45) is 1.96. The summed E-state index contributed by atoms with van der Waals surface area (Å²) in [5.41, 5.74) is 9.22. The van der Waals surface area contributed by atoms with Gasteiger partial charge < -0.3 is 11.1 Å². The Balaban J connectivity index is 1.64. The molecular formula is C18H23N3OS. The number of amides is 1. The van der Waals surface area contributed by atoms with Gasteiger partial charge in [0.2, 0.25) is 5.91 Å². The molecule has 0 aliphatic carbocycles. The highest BCUT2D eigenvalue weighted by Gasteiger charge is 2.24. The summed E-state index contributed by atoms with van der Waals surface area (Å²) >= 11 is 1.72. The van der Waals surface area contributed by atoms with Gasteiger partial charge in [0.25, 0.3) is 0 Å². The Bertz CT molecular complexity index is 641. The monoisotopic (exact) mass is 329 g/mol. The first kappa shape index (κ1) is 16.0. The third-order valence-corrected chi connectivity index (χ3v) is 5.11. The number of anilines is 1. The average molecular weight is 329 g/mol. The van der Waals surface area contributed by atoms with Crippen LogP contribution in [0.3, 0.4) is 0 Å². The lowest BCUT2D eigenvalue weighted by Gasteiger charge is -2.31. The largest absolute Gasteiger partial charge is 0.381 e. The van der Waals surface area contributed by atoms with Crippen LogP contribution in [-0.4, -0.2) is 23.9 Å². The maximum Gasteiger partial charge on any atom is 0.221 e. The number of hydrogen-bond acceptors (Lipinski definition) is 4. The van der Waals surface area contributed by atoms with Gasteiger partial charge in [0.15, 0.2) is 0 Å². The zero-order chi connectivity index (χ0) is 16.1. The van der Waals surface area contributed by atoms with Crippen LogP contribution in [0.15, 0.2) is 41.1 Å². The van der Waals surface area contributed by atoms with Gasteiger partial charge >= 0.3 is 0 Å². The van der Waals surface area contributed by atoms with Crippen molar-refractivity contribution in [1.29, 1.82) is 0 Å². The van der Waals surface area contributed by atoms with Crippen molar-refractivity contribution in [1.82, 2.24) is 4.90 Å². The zero-order valence-corrected chi connectivity index (χ0v) is 14.0. The van der Waals surface area contributed by atoms with Crippen LogP contribution >= 0.6 is 11.3 Å². The fraction of sp³-hybridized carbons (Fsp3) is 0.389. The number of benzene rings is 1. The SMILES string of the molecule is NC(=O)[C@H]1CCCN(Cc2ccccc2NCc2ccsc2)C1. The Kier molecular flexibility index (Phi) is 5.31. The smallest absolute Gasteiger partial charge is 0.221 e. The standard InChI is InChI=1S/C18H23N3OS/c19-18(22)16-5-3-8-21(12-16)11-15-4-1-2-6-17(15)20-10-14-7-9-23-13-14/h1-2,4,6-7,9,13,16,20H,3,5,8,10-12H2,(H2,19,22)/t16-/m0/s1. The van der Waals surface area contributed by atoms with Gasteiger partial charge in [-0.05, 0) is 53.4 Å². The molecule has 1 fully saturated rings. The number of rotatable bonds is 6. The molecule has 1 saturated heterocycles. The van der Waals surface area contributed by atoms with Crippen LogP contribution in [0, 0.1) is 5.92 Å². The van der Waals surface area contributed by atoms with Crippen molar-refractivity contribution in [3.8, 4) is 0 Å². The van der Waals surface area contributed by atoms with E-state index in [1.165, 1.54) is 16.8 Å². The highest BCUT2D eigenvalue weighted by atomic mass is 32.1. The summed E-state index contributed by atoms with van der Waals surface area (Å²) in [4.78, 5) is 13.8. The maximum absolute atomic E-state index is 11.4. The molecule has 0 unspecified atom stereocenters. The second kappa shape index (κ2) is 7.62. The quantitative estimate of drug-likeness (QED) is 0.856. The van der Waals surface area contributed by atoms with E-state index in [1.54, 1.807) is 11.3 Å². The third kappa shape index (κ3) is 4.33. The number of carbonyl (C=O) groups is 1. The average Bonchev–Trinajstić information content (AvgIpc) is 3.08. The Morgan fingerprint density at radius 3 is 3.00 bits per heavy atom. The van der Waals surface area contributed by atoms with E-state index in [0.717, 1.165) is 39.0 Å². The summed E-state index contributed by atoms with van der Waals surface area (Å²) in [7, 11) is 0. The summed E-state index contributed by atoms with van der Waals surface area (Å²) in [5, 5.41) is 7.79. The van der Waals surface area contributed by atoms with Gasteiger partial charge in [-0.25, -0.2) is 0 Å². The number of hydrogen-bond donors (Lipinski definition) is 2. The zero-order valence-electron chi connectivity index (χ0n) is 13.2. The highest BCUT2D eigenvalue weighted by molar-refractivity contribution is 7.07. The first-order valence-electron chi connectivity index (χ1n) is 8.07. The van der Waals surface area contributed by atoms with Gasteiger partial charge in [-0.1, -0.05) is 18.2 Å². The minimum Gasteiger partial charge on any atom is -0.381 e. The van der Waals surface area contributed by atoms with Gasteiger partial charge in [-0.15, -0.1) is 0 Å². The van der Waals surface area contributed by atoms with Gasteiger partial charge in [0.05, 0.1) is 5.92 Å². The second-order valence-corrected chi connectivity index (χ2v) is 6.90. The first-order chi connectivity index (χ1) is 11.2. The molecule has 1 atom stereocenters. The fourth-order valence-corrected chi connectivity index (χ4v) is 3.76. The van der Waals surface area contributed by atoms with Crippen LogP contribution in [0.2, 0.25) is 0 Å². The topological polar surface area (TPSA) is 58.4 Å². The van der Waals surface area contributed by atoms with Crippen molar-refractivity contribution in [2.75, 3.05) is 18.4 Å². The van der Waals surface area contributed by atoms with E-state index < -0.39 is 0 Å². The molecule has 122 valence electrons. The molecule has 23 heavy (non-hydrogen) atoms. The number of carbonyl (C=O) groups excluding carboxylic acids is 1. The van der Waals surface area contributed by atoms with E-state index in [9.17, 15) is 4.79 Å². The molecule has 0 saturated carbocycles. The van der Waals surface area contributed by atoms with Crippen LogP contribution in [0.4, 0.5) is 5.69 Å². The molecule has 1 aliphatic heterocycles. The minimum atomic E-state index is -0.168. The minimum absolute atomic E-state index is 0.00493. The molecule has 5 heteroatoms. The van der Waals surface area contributed by atoms with E-state index in [1.807, 2.05) is 0 Å². The van der Waals surface area contributed by atoms with Crippen molar-refractivity contribution in [2.45, 2.75) is 25.9 Å². The molecule has 2 aromatic rings. The highest BCUT2D eigenvalue weighted by Crippen LogP contribution is 2.22. The molecule has 1 aromatic heterocycles. The molecule has 3 rings (SSSR count). The number of piperidine rings is 1. The molecule has 0 radical (unpaired) electrons. The number of nitrogens with one attached hydrogen (secondary N) is 1. The number of primary amides is 1. The van der Waals surface area contributed by atoms with Crippen LogP contribution in [0.25, 0.3) is 0 Å². The molecule has 2 heterocycles. The van der Waals surface area contributed by atoms with E-state index in [0.29, 0.717) is 0 Å². The van der Waals surface area contributed by atoms with E-state index in [2.05, 4.69) is 51.3 Å². The lowest BCUT2D eigenvalue weighted by Crippen LogP contribution is -2.40. The predicted molar refractivity (Wildman–Crippen MR) is 95.3 cm³/mol. The Labute approximate surface area is 141 Å². The second-order valence-electron chi connectivity index (χ2n) is 6.12. The molecular weight excluding hydrogens is 306 g/mol. The van der Waals surface area contributed by atoms with Crippen molar-refractivity contribution in [3.63, 3.8) is 0 Å². The molecule has 4 nitrogen and oxygen atoms in total. The number of nitrogens with two attached hydrogens (primary N) is 1. The molecule has 1 amide bonds. The van der Waals surface area contributed by atoms with E-state index in [-0.39, 0.29) is 11.8 Å². The molecule has 3 N–H and O–H groups in total. The lowest BCUT2D eigenvalue weighted by atomic mass is 9.97. The summed E-state index contributed by atoms with van der Waals surface area (Å²) < 4.78 is 0. The number of likely N-dealkylation sites (tertiary alicyclic amines) is 1. The molecule has 0 bridgehead atoms. The van der Waals surface area contributed by atoms with Crippen LogP contribution in [-0.2, 0) is 17.9 Å². The van der Waals surface area contributed by atoms with E-state index in [4.69, 9.17) is 5.73 Å². The number of nitrogens with zero attached hydrogens (tertiary/aromatic N) is 1. The van der Waals surface area contributed by atoms with Crippen LogP contribution in [0.5, 0.6) is 0 Å². The Morgan fingerprint density at radius 2 is 2.22 bits per heavy atom.